The first-order valence-corrected chi connectivity index (χ1v) is 9.91. The molecular formula is C18H32N2O6S. The lowest BCUT2D eigenvalue weighted by atomic mass is 9.96. The van der Waals surface area contributed by atoms with E-state index in [2.05, 4.69) is 22.7 Å². The molecule has 2 atom stereocenters. The SMILES string of the molecule is COC(=O)CCCCCC(=O)NC(CCCCN)C(=O)CC(CS)C(=O)O. The number of carboxylic acids is 1. The van der Waals surface area contributed by atoms with Crippen LogP contribution in [0, 0.1) is 5.92 Å². The molecule has 9 heteroatoms. The van der Waals surface area contributed by atoms with Gasteiger partial charge in [-0.25, -0.2) is 0 Å². The topological polar surface area (TPSA) is 136 Å². The summed E-state index contributed by atoms with van der Waals surface area (Å²) >= 11 is 3.97. The Morgan fingerprint density at radius 2 is 1.74 bits per heavy atom. The fraction of sp³-hybridized carbons (Fsp3) is 0.778. The van der Waals surface area contributed by atoms with E-state index < -0.39 is 17.9 Å². The van der Waals surface area contributed by atoms with Crippen LogP contribution in [0.5, 0.6) is 0 Å². The first-order chi connectivity index (χ1) is 12.8. The van der Waals surface area contributed by atoms with Gasteiger partial charge in [0.2, 0.25) is 5.91 Å². The van der Waals surface area contributed by atoms with Crippen molar-refractivity contribution in [1.82, 2.24) is 5.32 Å². The van der Waals surface area contributed by atoms with Gasteiger partial charge in [0.05, 0.1) is 19.1 Å². The van der Waals surface area contributed by atoms with Crippen LogP contribution in [0.15, 0.2) is 0 Å². The van der Waals surface area contributed by atoms with Crippen LogP contribution in [0.2, 0.25) is 0 Å². The predicted molar refractivity (Wildman–Crippen MR) is 105 cm³/mol. The van der Waals surface area contributed by atoms with Gasteiger partial charge in [0.15, 0.2) is 5.78 Å². The van der Waals surface area contributed by atoms with Crippen LogP contribution in [0.1, 0.15) is 57.8 Å². The van der Waals surface area contributed by atoms with Gasteiger partial charge in [-0.1, -0.05) is 6.42 Å². The van der Waals surface area contributed by atoms with Gasteiger partial charge in [-0.2, -0.15) is 12.6 Å². The molecule has 2 unspecified atom stereocenters. The summed E-state index contributed by atoms with van der Waals surface area (Å²) in [4.78, 5) is 46.7. The van der Waals surface area contributed by atoms with Crippen molar-refractivity contribution >= 4 is 36.3 Å². The second kappa shape index (κ2) is 15.4. The van der Waals surface area contributed by atoms with Crippen LogP contribution in [0.3, 0.4) is 0 Å². The standard InChI is InChI=1S/C18H32N2O6S/c1-26-17(23)9-4-2-3-8-16(22)20-14(7-5-6-10-19)15(21)11-13(12-27)18(24)25/h13-14,27H,2-12,19H2,1H3,(H,20,22)(H,24,25). The number of hydrogen-bond acceptors (Lipinski definition) is 7. The fourth-order valence-electron chi connectivity index (χ4n) is 2.52. The number of aliphatic carboxylic acids is 1. The molecule has 0 spiro atoms. The van der Waals surface area contributed by atoms with Crippen molar-refractivity contribution < 1.29 is 29.0 Å². The van der Waals surface area contributed by atoms with Crippen molar-refractivity contribution in [3.8, 4) is 0 Å². The lowest BCUT2D eigenvalue weighted by Crippen LogP contribution is -2.42. The number of thiol groups is 1. The molecule has 0 fully saturated rings. The average molecular weight is 405 g/mol. The number of nitrogens with one attached hydrogen (secondary N) is 1. The normalized spacial score (nSPS) is 12.9. The molecule has 156 valence electrons. The van der Waals surface area contributed by atoms with Crippen molar-refractivity contribution in [2.75, 3.05) is 19.4 Å². The number of rotatable bonds is 16. The summed E-state index contributed by atoms with van der Waals surface area (Å²) in [5.74, 6) is -2.71. The van der Waals surface area contributed by atoms with Gasteiger partial charge in [0.1, 0.15) is 0 Å². The molecule has 0 aromatic rings. The number of amides is 1. The van der Waals surface area contributed by atoms with E-state index in [4.69, 9.17) is 10.8 Å². The van der Waals surface area contributed by atoms with Crippen molar-refractivity contribution in [2.24, 2.45) is 11.7 Å². The summed E-state index contributed by atoms with van der Waals surface area (Å²) in [6, 6.07) is -0.708. The maximum absolute atomic E-state index is 12.4. The van der Waals surface area contributed by atoms with Gasteiger partial charge >= 0.3 is 11.9 Å². The Morgan fingerprint density at radius 3 is 2.30 bits per heavy atom. The molecule has 27 heavy (non-hydrogen) atoms. The number of esters is 1. The van der Waals surface area contributed by atoms with Gasteiger partial charge in [-0.15, -0.1) is 0 Å². The van der Waals surface area contributed by atoms with Crippen LogP contribution in [0.4, 0.5) is 0 Å². The minimum absolute atomic E-state index is 0.0603. The van der Waals surface area contributed by atoms with Crippen LogP contribution < -0.4 is 11.1 Å². The second-order valence-electron chi connectivity index (χ2n) is 6.43. The molecule has 0 rings (SSSR count). The smallest absolute Gasteiger partial charge is 0.307 e. The summed E-state index contributed by atoms with van der Waals surface area (Å²) < 4.78 is 4.55. The van der Waals surface area contributed by atoms with Crippen molar-refractivity contribution in [3.63, 3.8) is 0 Å². The Bertz CT molecular complexity index is 486. The Balaban J connectivity index is 4.48. The number of Topliss-reactive ketones (excluding diaryl/α,β-unsaturated/α-hetero) is 1. The molecule has 0 radical (unpaired) electrons. The third-order valence-corrected chi connectivity index (χ3v) is 4.64. The summed E-state index contributed by atoms with van der Waals surface area (Å²) in [6.07, 6.45) is 4.17. The molecule has 1 amide bonds. The zero-order chi connectivity index (χ0) is 20.7. The fourth-order valence-corrected chi connectivity index (χ4v) is 2.81. The number of carbonyl (C=O) groups is 4. The van der Waals surface area contributed by atoms with E-state index in [0.717, 1.165) is 6.42 Å². The Labute approximate surface area is 166 Å². The molecule has 0 aliphatic rings. The van der Waals surface area contributed by atoms with E-state index in [1.807, 2.05) is 0 Å². The molecule has 0 aromatic carbocycles. The highest BCUT2D eigenvalue weighted by molar-refractivity contribution is 7.80. The first-order valence-electron chi connectivity index (χ1n) is 9.28. The minimum Gasteiger partial charge on any atom is -0.481 e. The quantitative estimate of drug-likeness (QED) is 0.173. The van der Waals surface area contributed by atoms with E-state index >= 15 is 0 Å². The summed E-state index contributed by atoms with van der Waals surface area (Å²) in [5.41, 5.74) is 5.47. The number of ether oxygens (including phenoxy) is 1. The second-order valence-corrected chi connectivity index (χ2v) is 6.79. The zero-order valence-corrected chi connectivity index (χ0v) is 16.8. The molecule has 0 saturated heterocycles. The van der Waals surface area contributed by atoms with Gasteiger partial charge in [0.25, 0.3) is 0 Å². The van der Waals surface area contributed by atoms with Crippen molar-refractivity contribution in [2.45, 2.75) is 63.8 Å². The van der Waals surface area contributed by atoms with Gasteiger partial charge in [0, 0.05) is 25.0 Å². The lowest BCUT2D eigenvalue weighted by Gasteiger charge is -2.19. The Hall–Kier alpha value is -1.61. The van der Waals surface area contributed by atoms with Crippen molar-refractivity contribution in [3.05, 3.63) is 0 Å². The lowest BCUT2D eigenvalue weighted by molar-refractivity contribution is -0.143. The van der Waals surface area contributed by atoms with Gasteiger partial charge in [-0.3, -0.25) is 19.2 Å². The average Bonchev–Trinajstić information content (AvgIpc) is 2.64. The number of carbonyl (C=O) groups excluding carboxylic acids is 3. The Morgan fingerprint density at radius 1 is 1.07 bits per heavy atom. The molecule has 0 heterocycles. The maximum Gasteiger partial charge on any atom is 0.307 e. The van der Waals surface area contributed by atoms with Gasteiger partial charge in [-0.05, 0) is 38.6 Å². The molecule has 0 aliphatic carbocycles. The number of nitrogens with two attached hydrogens (primary N) is 1. The van der Waals surface area contributed by atoms with E-state index in [1.165, 1.54) is 7.11 Å². The molecule has 0 saturated carbocycles. The summed E-state index contributed by atoms with van der Waals surface area (Å²) in [7, 11) is 1.33. The monoisotopic (exact) mass is 404 g/mol. The van der Waals surface area contributed by atoms with Crippen LogP contribution >= 0.6 is 12.6 Å². The maximum atomic E-state index is 12.4. The zero-order valence-electron chi connectivity index (χ0n) is 15.9. The molecule has 0 bridgehead atoms. The highest BCUT2D eigenvalue weighted by Gasteiger charge is 2.26. The van der Waals surface area contributed by atoms with E-state index in [9.17, 15) is 19.2 Å². The summed E-state index contributed by atoms with van der Waals surface area (Å²) in [5, 5.41) is 11.8. The highest BCUT2D eigenvalue weighted by Crippen LogP contribution is 2.12. The number of unbranched alkanes of at least 4 members (excludes halogenated alkanes) is 3. The van der Waals surface area contributed by atoms with E-state index in [-0.39, 0.29) is 36.3 Å². The Kier molecular flexibility index (Phi) is 14.5. The highest BCUT2D eigenvalue weighted by atomic mass is 32.1. The van der Waals surface area contributed by atoms with Crippen molar-refractivity contribution in [1.29, 1.82) is 0 Å². The van der Waals surface area contributed by atoms with E-state index in [1.54, 1.807) is 0 Å². The molecule has 8 nitrogen and oxygen atoms in total. The largest absolute Gasteiger partial charge is 0.481 e. The minimum atomic E-state index is -1.07. The third-order valence-electron chi connectivity index (χ3n) is 4.20. The van der Waals surface area contributed by atoms with Crippen LogP contribution in [-0.2, 0) is 23.9 Å². The number of ketones is 1. The summed E-state index contributed by atoms with van der Waals surface area (Å²) in [6.45, 7) is 0.490. The number of methoxy groups -OCH3 is 1. The molecule has 4 N–H and O–H groups in total. The van der Waals surface area contributed by atoms with Crippen LogP contribution in [0.25, 0.3) is 0 Å². The van der Waals surface area contributed by atoms with Gasteiger partial charge < -0.3 is 20.9 Å². The first kappa shape index (κ1) is 25.4. The molecule has 0 aliphatic heterocycles. The molecule has 0 aromatic heterocycles. The number of carboxylic acid groups (broad SMARTS) is 1. The van der Waals surface area contributed by atoms with Crippen LogP contribution in [-0.4, -0.2) is 54.2 Å². The third kappa shape index (κ3) is 12.4. The number of hydrogen-bond donors (Lipinski definition) is 4. The van der Waals surface area contributed by atoms with E-state index in [0.29, 0.717) is 45.1 Å². The predicted octanol–water partition coefficient (Wildman–Crippen LogP) is 1.31. The molecular weight excluding hydrogens is 372 g/mol.